The number of H-pyrrole nitrogens is 1. The summed E-state index contributed by atoms with van der Waals surface area (Å²) >= 11 is 0. The average molecular weight is 351 g/mol. The maximum absolute atomic E-state index is 13.4. The molecule has 0 radical (unpaired) electrons. The number of halogens is 1. The molecule has 0 saturated carbocycles. The molecular weight excluding hydrogens is 333 g/mol. The second kappa shape index (κ2) is 6.72. The van der Waals surface area contributed by atoms with Crippen molar-refractivity contribution in [2.24, 2.45) is 0 Å². The molecule has 2 heterocycles. The number of carbonyl (C=O) groups is 1. The molecule has 6 heteroatoms. The van der Waals surface area contributed by atoms with Gasteiger partial charge in [-0.25, -0.2) is 4.39 Å². The van der Waals surface area contributed by atoms with Crippen LogP contribution in [0.4, 0.5) is 4.39 Å². The Hall–Kier alpha value is -2.99. The predicted octanol–water partition coefficient (Wildman–Crippen LogP) is 3.44. The standard InChI is InChI=1S/C20H18FN3O2/c1-26-12-16-17-18(23-22-16)20(25)24(11-13-5-3-2-4-6-13)19(17)14-7-9-15(21)10-8-14/h2-10,19H,11-12H2,1H3,(H,22,23). The number of nitrogens with zero attached hydrogens (tertiary/aromatic N) is 2. The third-order valence-electron chi connectivity index (χ3n) is 4.60. The lowest BCUT2D eigenvalue weighted by atomic mass is 9.98. The van der Waals surface area contributed by atoms with Crippen LogP contribution in [0.3, 0.4) is 0 Å². The zero-order valence-corrected chi connectivity index (χ0v) is 14.3. The summed E-state index contributed by atoms with van der Waals surface area (Å²) < 4.78 is 18.7. The number of hydrogen-bond acceptors (Lipinski definition) is 3. The van der Waals surface area contributed by atoms with Crippen LogP contribution in [0.2, 0.25) is 0 Å². The Morgan fingerprint density at radius 3 is 2.58 bits per heavy atom. The van der Waals surface area contributed by atoms with Crippen LogP contribution in [0, 0.1) is 5.82 Å². The number of nitrogens with one attached hydrogen (secondary N) is 1. The molecule has 132 valence electrons. The first-order valence-electron chi connectivity index (χ1n) is 8.35. The third kappa shape index (κ3) is 2.78. The topological polar surface area (TPSA) is 58.2 Å². The van der Waals surface area contributed by atoms with Gasteiger partial charge in [-0.1, -0.05) is 42.5 Å². The average Bonchev–Trinajstić information content (AvgIpc) is 3.17. The largest absolute Gasteiger partial charge is 0.378 e. The van der Waals surface area contributed by atoms with Gasteiger partial charge in [0, 0.05) is 19.2 Å². The number of aromatic amines is 1. The van der Waals surface area contributed by atoms with E-state index in [1.54, 1.807) is 24.1 Å². The molecule has 1 unspecified atom stereocenters. The maximum Gasteiger partial charge on any atom is 0.275 e. The van der Waals surface area contributed by atoms with Gasteiger partial charge in [-0.2, -0.15) is 5.10 Å². The smallest absolute Gasteiger partial charge is 0.275 e. The van der Waals surface area contributed by atoms with Crippen molar-refractivity contribution in [3.8, 4) is 0 Å². The molecule has 2 aromatic carbocycles. The highest BCUT2D eigenvalue weighted by Gasteiger charge is 2.42. The molecule has 1 aromatic heterocycles. The van der Waals surface area contributed by atoms with Crippen molar-refractivity contribution in [3.05, 3.63) is 88.5 Å². The predicted molar refractivity (Wildman–Crippen MR) is 93.9 cm³/mol. The lowest BCUT2D eigenvalue weighted by Gasteiger charge is -2.26. The maximum atomic E-state index is 13.4. The van der Waals surface area contributed by atoms with Crippen LogP contribution in [0.5, 0.6) is 0 Å². The molecule has 0 spiro atoms. The van der Waals surface area contributed by atoms with Crippen molar-refractivity contribution < 1.29 is 13.9 Å². The van der Waals surface area contributed by atoms with Crippen LogP contribution in [0.1, 0.15) is 38.9 Å². The van der Waals surface area contributed by atoms with Crippen molar-refractivity contribution in [2.75, 3.05) is 7.11 Å². The normalized spacial score (nSPS) is 16.2. The Morgan fingerprint density at radius 2 is 1.88 bits per heavy atom. The summed E-state index contributed by atoms with van der Waals surface area (Å²) in [5.41, 5.74) is 3.84. The van der Waals surface area contributed by atoms with E-state index in [9.17, 15) is 9.18 Å². The highest BCUT2D eigenvalue weighted by molar-refractivity contribution is 5.98. The Balaban J connectivity index is 1.79. The molecule has 5 nitrogen and oxygen atoms in total. The highest BCUT2D eigenvalue weighted by atomic mass is 19.1. The van der Waals surface area contributed by atoms with Gasteiger partial charge < -0.3 is 9.64 Å². The summed E-state index contributed by atoms with van der Waals surface area (Å²) in [5, 5.41) is 7.12. The monoisotopic (exact) mass is 351 g/mol. The number of ether oxygens (including phenoxy) is 1. The van der Waals surface area contributed by atoms with Gasteiger partial charge in [-0.15, -0.1) is 0 Å². The molecular formula is C20H18FN3O2. The van der Waals surface area contributed by atoms with E-state index in [0.29, 0.717) is 18.8 Å². The molecule has 26 heavy (non-hydrogen) atoms. The summed E-state index contributed by atoms with van der Waals surface area (Å²) in [4.78, 5) is 14.8. The number of hydrogen-bond donors (Lipinski definition) is 1. The minimum absolute atomic E-state index is 0.142. The second-order valence-corrected chi connectivity index (χ2v) is 6.27. The number of methoxy groups -OCH3 is 1. The molecule has 1 N–H and O–H groups in total. The number of fused-ring (bicyclic) bond motifs is 1. The molecule has 1 atom stereocenters. The number of benzene rings is 2. The summed E-state index contributed by atoms with van der Waals surface area (Å²) in [5.74, 6) is -0.450. The summed E-state index contributed by atoms with van der Waals surface area (Å²) in [6, 6.07) is 15.7. The zero-order chi connectivity index (χ0) is 18.1. The van der Waals surface area contributed by atoms with Crippen LogP contribution in [0.25, 0.3) is 0 Å². The fraction of sp³-hybridized carbons (Fsp3) is 0.200. The van der Waals surface area contributed by atoms with Gasteiger partial charge in [-0.3, -0.25) is 9.89 Å². The SMILES string of the molecule is COCc1[nH]nc2c1C(c1ccc(F)cc1)N(Cc1ccccc1)C2=O. The Morgan fingerprint density at radius 1 is 1.15 bits per heavy atom. The molecule has 4 rings (SSSR count). The van der Waals surface area contributed by atoms with Gasteiger partial charge in [0.15, 0.2) is 5.69 Å². The molecule has 1 aliphatic rings. The van der Waals surface area contributed by atoms with Gasteiger partial charge in [0.2, 0.25) is 0 Å². The van der Waals surface area contributed by atoms with Crippen molar-refractivity contribution in [2.45, 2.75) is 19.2 Å². The van der Waals surface area contributed by atoms with E-state index in [-0.39, 0.29) is 17.8 Å². The quantitative estimate of drug-likeness (QED) is 0.766. The van der Waals surface area contributed by atoms with Gasteiger partial charge in [-0.05, 0) is 23.3 Å². The van der Waals surface area contributed by atoms with E-state index in [1.807, 2.05) is 30.3 Å². The van der Waals surface area contributed by atoms with Crippen molar-refractivity contribution >= 4 is 5.91 Å². The van der Waals surface area contributed by atoms with E-state index in [1.165, 1.54) is 12.1 Å². The summed E-state index contributed by atoms with van der Waals surface area (Å²) in [6.07, 6.45) is 0. The fourth-order valence-corrected chi connectivity index (χ4v) is 3.44. The van der Waals surface area contributed by atoms with Crippen molar-refractivity contribution in [1.82, 2.24) is 15.1 Å². The van der Waals surface area contributed by atoms with Crippen LogP contribution in [-0.2, 0) is 17.9 Å². The van der Waals surface area contributed by atoms with Crippen LogP contribution >= 0.6 is 0 Å². The molecule has 1 aliphatic heterocycles. The molecule has 0 bridgehead atoms. The highest BCUT2D eigenvalue weighted by Crippen LogP contribution is 2.40. The van der Waals surface area contributed by atoms with Gasteiger partial charge in [0.25, 0.3) is 5.91 Å². The fourth-order valence-electron chi connectivity index (χ4n) is 3.44. The minimum Gasteiger partial charge on any atom is -0.378 e. The second-order valence-electron chi connectivity index (χ2n) is 6.27. The Bertz CT molecular complexity index is 922. The van der Waals surface area contributed by atoms with Gasteiger partial charge in [0.1, 0.15) is 5.82 Å². The minimum atomic E-state index is -0.331. The first kappa shape index (κ1) is 16.5. The molecule has 1 amide bonds. The van der Waals surface area contributed by atoms with Crippen molar-refractivity contribution in [3.63, 3.8) is 0 Å². The lowest BCUT2D eigenvalue weighted by molar-refractivity contribution is 0.0728. The Labute approximate surface area is 150 Å². The van der Waals surface area contributed by atoms with E-state index < -0.39 is 0 Å². The third-order valence-corrected chi connectivity index (χ3v) is 4.60. The zero-order valence-electron chi connectivity index (χ0n) is 14.3. The van der Waals surface area contributed by atoms with E-state index in [0.717, 1.165) is 22.4 Å². The van der Waals surface area contributed by atoms with Crippen LogP contribution in [-0.4, -0.2) is 28.1 Å². The van der Waals surface area contributed by atoms with Gasteiger partial charge in [0.05, 0.1) is 18.3 Å². The number of rotatable bonds is 5. The molecule has 0 aliphatic carbocycles. The van der Waals surface area contributed by atoms with Crippen molar-refractivity contribution in [1.29, 1.82) is 0 Å². The van der Waals surface area contributed by atoms with E-state index in [4.69, 9.17) is 4.74 Å². The van der Waals surface area contributed by atoms with Crippen LogP contribution in [0.15, 0.2) is 54.6 Å². The molecule has 0 saturated heterocycles. The number of amides is 1. The number of aromatic nitrogens is 2. The lowest BCUT2D eigenvalue weighted by Crippen LogP contribution is -2.29. The first-order chi connectivity index (χ1) is 12.7. The first-order valence-corrected chi connectivity index (χ1v) is 8.35. The molecule has 0 fully saturated rings. The van der Waals surface area contributed by atoms with E-state index in [2.05, 4.69) is 10.2 Å². The summed E-state index contributed by atoms with van der Waals surface area (Å²) in [6.45, 7) is 0.775. The number of carbonyl (C=O) groups excluding carboxylic acids is 1. The Kier molecular flexibility index (Phi) is 4.26. The molecule has 3 aromatic rings. The van der Waals surface area contributed by atoms with Gasteiger partial charge >= 0.3 is 0 Å². The van der Waals surface area contributed by atoms with Crippen LogP contribution < -0.4 is 0 Å². The van der Waals surface area contributed by atoms with E-state index >= 15 is 0 Å². The summed E-state index contributed by atoms with van der Waals surface area (Å²) in [7, 11) is 1.60.